The summed E-state index contributed by atoms with van der Waals surface area (Å²) in [5.74, 6) is 2.02. The van der Waals surface area contributed by atoms with Crippen LogP contribution in [-0.2, 0) is 10.8 Å². The SMILES string of the molecule is CCOc1ccc(C(N)CS(=O)CC)cc1. The van der Waals surface area contributed by atoms with Crippen LogP contribution in [0.1, 0.15) is 25.5 Å². The second kappa shape index (κ2) is 6.66. The predicted molar refractivity (Wildman–Crippen MR) is 68.1 cm³/mol. The van der Waals surface area contributed by atoms with Gasteiger partial charge in [-0.1, -0.05) is 19.1 Å². The number of hydrogen-bond acceptors (Lipinski definition) is 3. The molecule has 3 nitrogen and oxygen atoms in total. The van der Waals surface area contributed by atoms with Gasteiger partial charge in [0.15, 0.2) is 0 Å². The van der Waals surface area contributed by atoms with Gasteiger partial charge in [0, 0.05) is 28.3 Å². The first-order valence-electron chi connectivity index (χ1n) is 5.50. The highest BCUT2D eigenvalue weighted by Gasteiger charge is 2.09. The van der Waals surface area contributed by atoms with E-state index in [4.69, 9.17) is 10.5 Å². The maximum atomic E-state index is 11.4. The van der Waals surface area contributed by atoms with Crippen molar-refractivity contribution in [3.63, 3.8) is 0 Å². The standard InChI is InChI=1S/C12H19NO2S/c1-3-15-11-7-5-10(6-8-11)12(13)9-16(14)4-2/h5-8,12H,3-4,9,13H2,1-2H3. The van der Waals surface area contributed by atoms with Crippen molar-refractivity contribution >= 4 is 10.8 Å². The van der Waals surface area contributed by atoms with Gasteiger partial charge in [0.25, 0.3) is 0 Å². The average Bonchev–Trinajstić information content (AvgIpc) is 2.30. The van der Waals surface area contributed by atoms with Crippen molar-refractivity contribution in [1.82, 2.24) is 0 Å². The van der Waals surface area contributed by atoms with Gasteiger partial charge in [0.2, 0.25) is 0 Å². The highest BCUT2D eigenvalue weighted by molar-refractivity contribution is 7.84. The second-order valence-corrected chi connectivity index (χ2v) is 5.29. The Hall–Kier alpha value is -0.870. The van der Waals surface area contributed by atoms with Gasteiger partial charge in [0.05, 0.1) is 6.61 Å². The Morgan fingerprint density at radius 2 is 1.94 bits per heavy atom. The molecule has 0 bridgehead atoms. The summed E-state index contributed by atoms with van der Waals surface area (Å²) >= 11 is 0. The molecule has 0 heterocycles. The predicted octanol–water partition coefficient (Wildman–Crippen LogP) is 1.85. The molecule has 1 rings (SSSR count). The maximum Gasteiger partial charge on any atom is 0.119 e. The van der Waals surface area contributed by atoms with Crippen LogP contribution in [0.3, 0.4) is 0 Å². The van der Waals surface area contributed by atoms with Crippen LogP contribution >= 0.6 is 0 Å². The molecule has 0 saturated heterocycles. The molecule has 0 aliphatic rings. The van der Waals surface area contributed by atoms with Crippen molar-refractivity contribution in [2.24, 2.45) is 5.73 Å². The van der Waals surface area contributed by atoms with E-state index in [1.807, 2.05) is 38.1 Å². The molecule has 0 spiro atoms. The highest BCUT2D eigenvalue weighted by Crippen LogP contribution is 2.17. The lowest BCUT2D eigenvalue weighted by molar-refractivity contribution is 0.340. The minimum Gasteiger partial charge on any atom is -0.494 e. The summed E-state index contributed by atoms with van der Waals surface area (Å²) in [7, 11) is -0.823. The molecule has 1 aromatic carbocycles. The number of benzene rings is 1. The van der Waals surface area contributed by atoms with Crippen LogP contribution in [0.15, 0.2) is 24.3 Å². The van der Waals surface area contributed by atoms with E-state index in [-0.39, 0.29) is 6.04 Å². The molecule has 0 radical (unpaired) electrons. The zero-order valence-corrected chi connectivity index (χ0v) is 10.6. The van der Waals surface area contributed by atoms with Crippen LogP contribution in [-0.4, -0.2) is 22.3 Å². The molecule has 4 heteroatoms. The molecule has 0 fully saturated rings. The highest BCUT2D eigenvalue weighted by atomic mass is 32.2. The van der Waals surface area contributed by atoms with Gasteiger partial charge in [-0.15, -0.1) is 0 Å². The first kappa shape index (κ1) is 13.2. The van der Waals surface area contributed by atoms with Gasteiger partial charge in [-0.25, -0.2) is 0 Å². The molecule has 2 atom stereocenters. The smallest absolute Gasteiger partial charge is 0.119 e. The molecule has 2 unspecified atom stereocenters. The Balaban J connectivity index is 2.62. The first-order valence-corrected chi connectivity index (χ1v) is 6.99. The number of ether oxygens (including phenoxy) is 1. The minimum absolute atomic E-state index is 0.156. The molecule has 2 N–H and O–H groups in total. The van der Waals surface area contributed by atoms with Crippen LogP contribution in [0.5, 0.6) is 5.75 Å². The topological polar surface area (TPSA) is 52.3 Å². The molecule has 90 valence electrons. The normalized spacial score (nSPS) is 14.4. The Morgan fingerprint density at radius 1 is 1.31 bits per heavy atom. The molecular weight excluding hydrogens is 222 g/mol. The van der Waals surface area contributed by atoms with Crippen LogP contribution in [0.4, 0.5) is 0 Å². The largest absolute Gasteiger partial charge is 0.494 e. The molecule has 1 aromatic rings. The fourth-order valence-electron chi connectivity index (χ4n) is 1.39. The van der Waals surface area contributed by atoms with Crippen LogP contribution < -0.4 is 10.5 Å². The molecule has 0 aliphatic carbocycles. The third kappa shape index (κ3) is 3.94. The third-order valence-corrected chi connectivity index (χ3v) is 3.68. The Labute approximate surface area is 99.4 Å². The van der Waals surface area contributed by atoms with Crippen molar-refractivity contribution in [2.45, 2.75) is 19.9 Å². The minimum atomic E-state index is -0.823. The number of rotatable bonds is 6. The lowest BCUT2D eigenvalue weighted by Gasteiger charge is -2.11. The van der Waals surface area contributed by atoms with Crippen molar-refractivity contribution in [2.75, 3.05) is 18.1 Å². The summed E-state index contributed by atoms with van der Waals surface area (Å²) in [6, 6.07) is 7.50. The van der Waals surface area contributed by atoms with Crippen LogP contribution in [0.2, 0.25) is 0 Å². The summed E-state index contributed by atoms with van der Waals surface area (Å²) in [6.07, 6.45) is 0. The van der Waals surface area contributed by atoms with Crippen molar-refractivity contribution in [1.29, 1.82) is 0 Å². The van der Waals surface area contributed by atoms with Crippen LogP contribution in [0.25, 0.3) is 0 Å². The third-order valence-electron chi connectivity index (χ3n) is 2.31. The van der Waals surface area contributed by atoms with E-state index in [0.29, 0.717) is 18.1 Å². The van der Waals surface area contributed by atoms with Gasteiger partial charge >= 0.3 is 0 Å². The number of hydrogen-bond donors (Lipinski definition) is 1. The van der Waals surface area contributed by atoms with E-state index < -0.39 is 10.8 Å². The maximum absolute atomic E-state index is 11.4. The summed E-state index contributed by atoms with van der Waals surface area (Å²) < 4.78 is 16.7. The quantitative estimate of drug-likeness (QED) is 0.827. The van der Waals surface area contributed by atoms with Gasteiger partial charge < -0.3 is 10.5 Å². The second-order valence-electron chi connectivity index (χ2n) is 3.50. The summed E-state index contributed by atoms with van der Waals surface area (Å²) in [5, 5.41) is 0. The number of nitrogens with two attached hydrogens (primary N) is 1. The van der Waals surface area contributed by atoms with E-state index in [2.05, 4.69) is 0 Å². The average molecular weight is 241 g/mol. The molecule has 0 saturated carbocycles. The lowest BCUT2D eigenvalue weighted by atomic mass is 10.1. The van der Waals surface area contributed by atoms with E-state index in [0.717, 1.165) is 11.3 Å². The van der Waals surface area contributed by atoms with E-state index >= 15 is 0 Å². The van der Waals surface area contributed by atoms with Crippen molar-refractivity contribution < 1.29 is 8.95 Å². The van der Waals surface area contributed by atoms with E-state index in [9.17, 15) is 4.21 Å². The molecule has 0 amide bonds. The van der Waals surface area contributed by atoms with Crippen LogP contribution in [0, 0.1) is 0 Å². The van der Waals surface area contributed by atoms with Gasteiger partial charge in [-0.2, -0.15) is 0 Å². The fourth-order valence-corrected chi connectivity index (χ4v) is 2.22. The molecular formula is C12H19NO2S. The molecule has 16 heavy (non-hydrogen) atoms. The lowest BCUT2D eigenvalue weighted by Crippen LogP contribution is -2.19. The van der Waals surface area contributed by atoms with Gasteiger partial charge in [-0.3, -0.25) is 4.21 Å². The Bertz CT molecular complexity index is 337. The zero-order valence-electron chi connectivity index (χ0n) is 9.81. The zero-order chi connectivity index (χ0) is 12.0. The molecule has 0 aromatic heterocycles. The van der Waals surface area contributed by atoms with Crippen molar-refractivity contribution in [3.8, 4) is 5.75 Å². The van der Waals surface area contributed by atoms with Gasteiger partial charge in [0.1, 0.15) is 5.75 Å². The van der Waals surface area contributed by atoms with E-state index in [1.165, 1.54) is 0 Å². The first-order chi connectivity index (χ1) is 7.67. The summed E-state index contributed by atoms with van der Waals surface area (Å²) in [4.78, 5) is 0. The summed E-state index contributed by atoms with van der Waals surface area (Å²) in [6.45, 7) is 4.51. The van der Waals surface area contributed by atoms with Crippen molar-refractivity contribution in [3.05, 3.63) is 29.8 Å². The molecule has 0 aliphatic heterocycles. The monoisotopic (exact) mass is 241 g/mol. The van der Waals surface area contributed by atoms with E-state index in [1.54, 1.807) is 0 Å². The van der Waals surface area contributed by atoms with Gasteiger partial charge in [-0.05, 0) is 24.6 Å². The Morgan fingerprint density at radius 3 is 2.44 bits per heavy atom. The fraction of sp³-hybridized carbons (Fsp3) is 0.500. The summed E-state index contributed by atoms with van der Waals surface area (Å²) in [5.41, 5.74) is 6.97. The Kier molecular flexibility index (Phi) is 5.49.